The van der Waals surface area contributed by atoms with Crippen LogP contribution in [0.1, 0.15) is 15.9 Å². The minimum absolute atomic E-state index is 0.208. The van der Waals surface area contributed by atoms with Crippen molar-refractivity contribution in [1.29, 1.82) is 0 Å². The molecule has 0 aromatic carbocycles. The number of hydrogen-bond acceptors (Lipinski definition) is 2. The smallest absolute Gasteiger partial charge is 0.366 e. The molecule has 0 spiro atoms. The Balaban J connectivity index is 3.44. The highest BCUT2D eigenvalue weighted by molar-refractivity contribution is 9.10. The molecule has 14 heavy (non-hydrogen) atoms. The first-order valence-electron chi connectivity index (χ1n) is 3.35. The summed E-state index contributed by atoms with van der Waals surface area (Å²) >= 11 is 2.73. The zero-order valence-electron chi connectivity index (χ0n) is 6.60. The summed E-state index contributed by atoms with van der Waals surface area (Å²) in [6, 6.07) is 0.699. The molecule has 2 N–H and O–H groups in total. The molecule has 1 amide bonds. The third-order valence-electron chi connectivity index (χ3n) is 1.46. The molecule has 0 aliphatic rings. The van der Waals surface area contributed by atoms with Crippen LogP contribution < -0.4 is 5.73 Å². The quantitative estimate of drug-likeness (QED) is 0.792. The number of hydrogen-bond donors (Lipinski definition) is 1. The molecule has 1 aromatic heterocycles. The zero-order valence-corrected chi connectivity index (χ0v) is 8.19. The van der Waals surface area contributed by atoms with Gasteiger partial charge in [-0.05, 0) is 22.0 Å². The van der Waals surface area contributed by atoms with Gasteiger partial charge in [-0.3, -0.25) is 4.79 Å². The van der Waals surface area contributed by atoms with Crippen LogP contribution in [-0.2, 0) is 6.18 Å². The summed E-state index contributed by atoms with van der Waals surface area (Å²) in [5.74, 6) is -1.17. The van der Waals surface area contributed by atoms with Crippen molar-refractivity contribution in [3.8, 4) is 0 Å². The van der Waals surface area contributed by atoms with Crippen LogP contribution in [0.15, 0.2) is 16.9 Å². The first-order valence-corrected chi connectivity index (χ1v) is 4.15. The van der Waals surface area contributed by atoms with Gasteiger partial charge in [0, 0.05) is 6.20 Å². The first-order chi connectivity index (χ1) is 6.34. The van der Waals surface area contributed by atoms with E-state index >= 15 is 0 Å². The van der Waals surface area contributed by atoms with E-state index in [1.807, 2.05) is 0 Å². The van der Waals surface area contributed by atoms with Crippen molar-refractivity contribution in [1.82, 2.24) is 4.98 Å². The standard InChI is InChI=1S/C7H4BrF3N2O/c8-5-4(6(12)14)3(1-2-13-5)7(9,10)11/h1-2H,(H2,12,14). The van der Waals surface area contributed by atoms with Gasteiger partial charge in [0.05, 0.1) is 11.1 Å². The van der Waals surface area contributed by atoms with Crippen LogP contribution in [0.2, 0.25) is 0 Å². The number of primary amides is 1. The van der Waals surface area contributed by atoms with Crippen molar-refractivity contribution >= 4 is 21.8 Å². The van der Waals surface area contributed by atoms with Gasteiger partial charge in [-0.2, -0.15) is 13.2 Å². The maximum atomic E-state index is 12.3. The third kappa shape index (κ3) is 2.03. The van der Waals surface area contributed by atoms with E-state index in [0.717, 1.165) is 6.20 Å². The number of amides is 1. The van der Waals surface area contributed by atoms with Gasteiger partial charge in [-0.1, -0.05) is 0 Å². The number of carbonyl (C=O) groups excluding carboxylic acids is 1. The van der Waals surface area contributed by atoms with Gasteiger partial charge in [-0.15, -0.1) is 0 Å². The van der Waals surface area contributed by atoms with E-state index in [4.69, 9.17) is 5.73 Å². The molecular formula is C7H4BrF3N2O. The monoisotopic (exact) mass is 268 g/mol. The van der Waals surface area contributed by atoms with Gasteiger partial charge in [-0.25, -0.2) is 4.98 Å². The lowest BCUT2D eigenvalue weighted by atomic mass is 10.1. The summed E-state index contributed by atoms with van der Waals surface area (Å²) in [6.07, 6.45) is -3.67. The number of aromatic nitrogens is 1. The van der Waals surface area contributed by atoms with E-state index in [9.17, 15) is 18.0 Å². The Kier molecular flexibility index (Phi) is 2.79. The Morgan fingerprint density at radius 3 is 2.43 bits per heavy atom. The topological polar surface area (TPSA) is 56.0 Å². The summed E-state index contributed by atoms with van der Waals surface area (Å²) in [5, 5.41) is 0. The van der Waals surface area contributed by atoms with Crippen molar-refractivity contribution in [3.05, 3.63) is 28.0 Å². The minimum atomic E-state index is -4.62. The molecule has 7 heteroatoms. The highest BCUT2D eigenvalue weighted by Gasteiger charge is 2.36. The fourth-order valence-electron chi connectivity index (χ4n) is 0.907. The average Bonchev–Trinajstić information content (AvgIpc) is 2.01. The Bertz CT molecular complexity index is 378. The summed E-state index contributed by atoms with van der Waals surface area (Å²) in [5.41, 5.74) is 3.06. The fraction of sp³-hybridized carbons (Fsp3) is 0.143. The van der Waals surface area contributed by atoms with Crippen LogP contribution in [0.5, 0.6) is 0 Å². The molecule has 1 rings (SSSR count). The van der Waals surface area contributed by atoms with Gasteiger partial charge in [0.1, 0.15) is 4.60 Å². The lowest BCUT2D eigenvalue weighted by molar-refractivity contribution is -0.138. The Labute approximate surface area is 85.2 Å². The lowest BCUT2D eigenvalue weighted by Gasteiger charge is -2.10. The summed E-state index contributed by atoms with van der Waals surface area (Å²) < 4.78 is 36.8. The number of pyridine rings is 1. The van der Waals surface area contributed by atoms with Gasteiger partial charge in [0.25, 0.3) is 5.91 Å². The molecular weight excluding hydrogens is 265 g/mol. The highest BCUT2D eigenvalue weighted by Crippen LogP contribution is 2.33. The molecule has 0 saturated heterocycles. The second-order valence-electron chi connectivity index (χ2n) is 2.39. The molecule has 0 unspecified atom stereocenters. The zero-order chi connectivity index (χ0) is 10.9. The summed E-state index contributed by atoms with van der Waals surface area (Å²) in [4.78, 5) is 14.2. The van der Waals surface area contributed by atoms with Crippen LogP contribution in [0.25, 0.3) is 0 Å². The van der Waals surface area contributed by atoms with Crippen LogP contribution >= 0.6 is 15.9 Å². The number of nitrogens with two attached hydrogens (primary N) is 1. The minimum Gasteiger partial charge on any atom is -0.366 e. The van der Waals surface area contributed by atoms with Crippen molar-refractivity contribution in [2.24, 2.45) is 5.73 Å². The highest BCUT2D eigenvalue weighted by atomic mass is 79.9. The number of rotatable bonds is 1. The van der Waals surface area contributed by atoms with Gasteiger partial charge >= 0.3 is 6.18 Å². The molecule has 1 heterocycles. The van der Waals surface area contributed by atoms with Gasteiger partial charge in [0.15, 0.2) is 0 Å². The van der Waals surface area contributed by atoms with Crippen LogP contribution in [-0.4, -0.2) is 10.9 Å². The lowest BCUT2D eigenvalue weighted by Crippen LogP contribution is -2.20. The van der Waals surface area contributed by atoms with Crippen LogP contribution in [0.3, 0.4) is 0 Å². The predicted octanol–water partition coefficient (Wildman–Crippen LogP) is 1.96. The first kappa shape index (κ1) is 11.0. The SMILES string of the molecule is NC(=O)c1c(C(F)(F)F)ccnc1Br. The third-order valence-corrected chi connectivity index (χ3v) is 2.06. The Hall–Kier alpha value is -1.11. The number of halogens is 4. The molecule has 0 radical (unpaired) electrons. The summed E-state index contributed by atoms with van der Waals surface area (Å²) in [7, 11) is 0. The molecule has 76 valence electrons. The van der Waals surface area contributed by atoms with E-state index < -0.39 is 23.2 Å². The average molecular weight is 269 g/mol. The predicted molar refractivity (Wildman–Crippen MR) is 45.5 cm³/mol. The summed E-state index contributed by atoms with van der Waals surface area (Å²) in [6.45, 7) is 0. The second kappa shape index (κ2) is 3.56. The van der Waals surface area contributed by atoms with E-state index in [2.05, 4.69) is 20.9 Å². The molecule has 0 aliphatic carbocycles. The van der Waals surface area contributed by atoms with Crippen molar-refractivity contribution in [2.75, 3.05) is 0 Å². The van der Waals surface area contributed by atoms with Crippen LogP contribution in [0.4, 0.5) is 13.2 Å². The molecule has 0 fully saturated rings. The number of alkyl halides is 3. The van der Waals surface area contributed by atoms with E-state index in [1.165, 1.54) is 0 Å². The molecule has 0 saturated carbocycles. The maximum Gasteiger partial charge on any atom is 0.417 e. The molecule has 0 aliphatic heterocycles. The Morgan fingerprint density at radius 2 is 2.07 bits per heavy atom. The van der Waals surface area contributed by atoms with E-state index in [-0.39, 0.29) is 4.60 Å². The largest absolute Gasteiger partial charge is 0.417 e. The molecule has 3 nitrogen and oxygen atoms in total. The van der Waals surface area contributed by atoms with Crippen molar-refractivity contribution < 1.29 is 18.0 Å². The number of carbonyl (C=O) groups is 1. The number of nitrogens with zero attached hydrogens (tertiary/aromatic N) is 1. The molecule has 1 aromatic rings. The molecule has 0 bridgehead atoms. The fourth-order valence-corrected chi connectivity index (χ4v) is 1.43. The van der Waals surface area contributed by atoms with Gasteiger partial charge < -0.3 is 5.73 Å². The Morgan fingerprint density at radius 1 is 1.50 bits per heavy atom. The second-order valence-corrected chi connectivity index (χ2v) is 3.14. The van der Waals surface area contributed by atoms with E-state index in [1.54, 1.807) is 0 Å². The van der Waals surface area contributed by atoms with Crippen molar-refractivity contribution in [2.45, 2.75) is 6.18 Å². The maximum absolute atomic E-state index is 12.3. The van der Waals surface area contributed by atoms with Crippen LogP contribution in [0, 0.1) is 0 Å². The van der Waals surface area contributed by atoms with E-state index in [0.29, 0.717) is 6.07 Å². The van der Waals surface area contributed by atoms with Gasteiger partial charge in [0.2, 0.25) is 0 Å². The van der Waals surface area contributed by atoms with Crippen molar-refractivity contribution in [3.63, 3.8) is 0 Å². The normalized spacial score (nSPS) is 11.4. The molecule has 0 atom stereocenters.